The van der Waals surface area contributed by atoms with Gasteiger partial charge in [0.05, 0.1) is 13.2 Å². The number of nitrogens with one attached hydrogen (secondary N) is 2. The smallest absolute Gasteiger partial charge is 0.421 e. The fraction of sp³-hybridized carbons (Fsp3) is 0.857. The molecule has 3 N–H and O–H groups in total. The molecule has 7 nitrogen and oxygen atoms in total. The number of hydrogen-bond acceptors (Lipinski definition) is 5. The highest BCUT2D eigenvalue weighted by Crippen LogP contribution is 1.99. The van der Waals surface area contributed by atoms with E-state index in [9.17, 15) is 18.3 Å². The van der Waals surface area contributed by atoms with Gasteiger partial charge in [0.1, 0.15) is 0 Å². The van der Waals surface area contributed by atoms with Crippen molar-refractivity contribution in [1.29, 1.82) is 0 Å². The Bertz CT molecular complexity index is 301. The van der Waals surface area contributed by atoms with Crippen LogP contribution in [0.1, 0.15) is 13.8 Å². The van der Waals surface area contributed by atoms with E-state index >= 15 is 0 Å². The Kier molecular flexibility index (Phi) is 5.55. The number of carbonyl (C=O) groups is 1. The summed E-state index contributed by atoms with van der Waals surface area (Å²) in [6.45, 7) is 3.32. The van der Waals surface area contributed by atoms with Crippen LogP contribution in [0.25, 0.3) is 0 Å². The van der Waals surface area contributed by atoms with E-state index in [4.69, 9.17) is 0 Å². The highest BCUT2D eigenvalue weighted by Gasteiger charge is 2.17. The van der Waals surface area contributed by atoms with Gasteiger partial charge in [-0.2, -0.15) is 13.1 Å². The van der Waals surface area contributed by atoms with Gasteiger partial charge in [0.15, 0.2) is 0 Å². The Morgan fingerprint density at radius 3 is 2.40 bits per heavy atom. The van der Waals surface area contributed by atoms with Gasteiger partial charge in [-0.3, -0.25) is 0 Å². The molecule has 0 aliphatic rings. The molecule has 0 radical (unpaired) electrons. The lowest BCUT2D eigenvalue weighted by atomic mass is 10.1. The normalized spacial score (nSPS) is 13.7. The van der Waals surface area contributed by atoms with E-state index in [1.54, 1.807) is 18.6 Å². The molecule has 0 saturated heterocycles. The molecular formula is C7H16N2O5S. The van der Waals surface area contributed by atoms with Gasteiger partial charge in [-0.25, -0.2) is 9.52 Å². The molecule has 1 atom stereocenters. The summed E-state index contributed by atoms with van der Waals surface area (Å²) >= 11 is 0. The first-order valence-electron chi connectivity index (χ1n) is 4.32. The second kappa shape index (κ2) is 5.89. The van der Waals surface area contributed by atoms with E-state index in [0.29, 0.717) is 0 Å². The molecule has 0 aromatic carbocycles. The average Bonchev–Trinajstić information content (AvgIpc) is 2.13. The summed E-state index contributed by atoms with van der Waals surface area (Å²) < 4.78 is 29.9. The summed E-state index contributed by atoms with van der Waals surface area (Å²) in [7, 11) is -2.91. The van der Waals surface area contributed by atoms with Gasteiger partial charge in [0.2, 0.25) is 0 Å². The molecule has 8 heteroatoms. The third-order valence-corrected chi connectivity index (χ3v) is 2.64. The molecular weight excluding hydrogens is 224 g/mol. The number of amides is 1. The second-order valence-corrected chi connectivity index (χ2v) is 4.76. The molecule has 0 heterocycles. The van der Waals surface area contributed by atoms with Gasteiger partial charge in [0.25, 0.3) is 0 Å². The van der Waals surface area contributed by atoms with E-state index < -0.39 is 22.4 Å². The number of aliphatic hydroxyl groups is 1. The van der Waals surface area contributed by atoms with Gasteiger partial charge < -0.3 is 9.84 Å². The second-order valence-electron chi connectivity index (χ2n) is 3.26. The van der Waals surface area contributed by atoms with E-state index in [2.05, 4.69) is 4.74 Å². The molecule has 0 aromatic heterocycles. The molecule has 1 unspecified atom stereocenters. The predicted molar refractivity (Wildman–Crippen MR) is 53.3 cm³/mol. The van der Waals surface area contributed by atoms with E-state index in [-0.39, 0.29) is 12.5 Å². The number of methoxy groups -OCH3 is 1. The molecule has 0 bridgehead atoms. The minimum Gasteiger partial charge on any atom is -0.452 e. The lowest BCUT2D eigenvalue weighted by Crippen LogP contribution is -2.44. The van der Waals surface area contributed by atoms with Crippen molar-refractivity contribution in [3.8, 4) is 0 Å². The topological polar surface area (TPSA) is 105 Å². The van der Waals surface area contributed by atoms with Gasteiger partial charge >= 0.3 is 16.3 Å². The predicted octanol–water partition coefficient (Wildman–Crippen LogP) is -0.806. The van der Waals surface area contributed by atoms with Crippen molar-refractivity contribution in [2.24, 2.45) is 5.92 Å². The lowest BCUT2D eigenvalue weighted by molar-refractivity contribution is 0.129. The van der Waals surface area contributed by atoms with Crippen molar-refractivity contribution in [2.75, 3.05) is 13.7 Å². The minimum absolute atomic E-state index is 0.0779. The van der Waals surface area contributed by atoms with Crippen molar-refractivity contribution in [3.63, 3.8) is 0 Å². The van der Waals surface area contributed by atoms with Crippen LogP contribution in [-0.4, -0.2) is 39.4 Å². The first kappa shape index (κ1) is 14.1. The zero-order valence-electron chi connectivity index (χ0n) is 8.85. The number of hydrogen-bond donors (Lipinski definition) is 3. The molecule has 0 spiro atoms. The maximum Gasteiger partial charge on any atom is 0.421 e. The molecule has 90 valence electrons. The van der Waals surface area contributed by atoms with Crippen LogP contribution in [0.5, 0.6) is 0 Å². The van der Waals surface area contributed by atoms with E-state index in [1.807, 2.05) is 4.72 Å². The third-order valence-electron chi connectivity index (χ3n) is 1.66. The van der Waals surface area contributed by atoms with Crippen LogP contribution in [0, 0.1) is 5.92 Å². The van der Waals surface area contributed by atoms with Crippen LogP contribution >= 0.6 is 0 Å². The lowest BCUT2D eigenvalue weighted by Gasteiger charge is -2.15. The van der Waals surface area contributed by atoms with Crippen molar-refractivity contribution >= 4 is 16.3 Å². The molecule has 15 heavy (non-hydrogen) atoms. The molecule has 0 fully saturated rings. The summed E-state index contributed by atoms with van der Waals surface area (Å²) in [6.07, 6.45) is -1.89. The first-order chi connectivity index (χ1) is 6.78. The standard InChI is InChI=1S/C7H16N2O5S/c1-5(2)6(10)4-8-15(12,13)9-7(11)14-3/h5-6,8,10H,4H2,1-3H3,(H,9,11). The molecule has 0 aliphatic heterocycles. The van der Waals surface area contributed by atoms with Gasteiger partial charge in [-0.1, -0.05) is 13.8 Å². The summed E-state index contributed by atoms with van der Waals surface area (Å²) in [5.74, 6) is -0.0779. The van der Waals surface area contributed by atoms with Crippen molar-refractivity contribution < 1.29 is 23.1 Å². The highest BCUT2D eigenvalue weighted by atomic mass is 32.2. The van der Waals surface area contributed by atoms with Crippen LogP contribution in [-0.2, 0) is 14.9 Å². The third kappa shape index (κ3) is 6.26. The summed E-state index contributed by atoms with van der Waals surface area (Å²) in [6, 6.07) is 0. The number of rotatable bonds is 5. The molecule has 0 aliphatic carbocycles. The van der Waals surface area contributed by atoms with Gasteiger partial charge in [-0.15, -0.1) is 0 Å². The van der Waals surface area contributed by atoms with Crippen LogP contribution in [0.3, 0.4) is 0 Å². The van der Waals surface area contributed by atoms with Gasteiger partial charge in [0, 0.05) is 6.54 Å². The summed E-state index contributed by atoms with van der Waals surface area (Å²) in [5.41, 5.74) is 0. The number of aliphatic hydroxyl groups excluding tert-OH is 1. The Labute approximate surface area is 89.0 Å². The molecule has 0 saturated carbocycles. The fourth-order valence-electron chi connectivity index (χ4n) is 0.618. The van der Waals surface area contributed by atoms with E-state index in [0.717, 1.165) is 7.11 Å². The van der Waals surface area contributed by atoms with Crippen molar-refractivity contribution in [2.45, 2.75) is 20.0 Å². The molecule has 0 aromatic rings. The SMILES string of the molecule is COC(=O)NS(=O)(=O)NCC(O)C(C)C. The zero-order valence-corrected chi connectivity index (χ0v) is 9.67. The van der Waals surface area contributed by atoms with Crippen LogP contribution in [0.15, 0.2) is 0 Å². The fourth-order valence-corrected chi connectivity index (χ4v) is 1.38. The van der Waals surface area contributed by atoms with Gasteiger partial charge in [-0.05, 0) is 5.92 Å². The number of ether oxygens (including phenoxy) is 1. The molecule has 0 rings (SSSR count). The maximum atomic E-state index is 11.1. The van der Waals surface area contributed by atoms with Crippen LogP contribution in [0.2, 0.25) is 0 Å². The minimum atomic E-state index is -3.96. The Morgan fingerprint density at radius 1 is 1.47 bits per heavy atom. The summed E-state index contributed by atoms with van der Waals surface area (Å²) in [5, 5.41) is 9.31. The largest absolute Gasteiger partial charge is 0.452 e. The van der Waals surface area contributed by atoms with E-state index in [1.165, 1.54) is 0 Å². The zero-order chi connectivity index (χ0) is 12.1. The van der Waals surface area contributed by atoms with Crippen molar-refractivity contribution in [1.82, 2.24) is 9.44 Å². The Hall–Kier alpha value is -0.860. The number of carbonyl (C=O) groups excluding carboxylic acids is 1. The highest BCUT2D eigenvalue weighted by molar-refractivity contribution is 7.88. The Balaban J connectivity index is 4.11. The molecule has 1 amide bonds. The first-order valence-corrected chi connectivity index (χ1v) is 5.80. The quantitative estimate of drug-likeness (QED) is 0.583. The van der Waals surface area contributed by atoms with Crippen LogP contribution in [0.4, 0.5) is 4.79 Å². The van der Waals surface area contributed by atoms with Crippen LogP contribution < -0.4 is 9.44 Å². The summed E-state index contributed by atoms with van der Waals surface area (Å²) in [4.78, 5) is 10.6. The maximum absolute atomic E-state index is 11.1. The van der Waals surface area contributed by atoms with Crippen molar-refractivity contribution in [3.05, 3.63) is 0 Å². The Morgan fingerprint density at radius 2 is 2.00 bits per heavy atom. The average molecular weight is 240 g/mol. The monoisotopic (exact) mass is 240 g/mol.